The third kappa shape index (κ3) is 3.35. The first-order valence-electron chi connectivity index (χ1n) is 4.76. The van der Waals surface area contributed by atoms with Crippen LogP contribution in [0.5, 0.6) is 5.75 Å². The van der Waals surface area contributed by atoms with E-state index in [-0.39, 0.29) is 5.78 Å². The summed E-state index contributed by atoms with van der Waals surface area (Å²) in [6.07, 6.45) is 0. The highest BCUT2D eigenvalue weighted by molar-refractivity contribution is 8.18. The largest absolute Gasteiger partial charge is 0.496 e. The first-order valence-corrected chi connectivity index (χ1v) is 6.02. The summed E-state index contributed by atoms with van der Waals surface area (Å²) in [6.45, 7) is 3.56. The van der Waals surface area contributed by atoms with Gasteiger partial charge < -0.3 is 4.74 Å². The van der Waals surface area contributed by atoms with Crippen molar-refractivity contribution in [3.8, 4) is 5.75 Å². The van der Waals surface area contributed by atoms with Crippen molar-refractivity contribution >= 4 is 34.2 Å². The van der Waals surface area contributed by atoms with E-state index in [4.69, 9.17) is 16.3 Å². The summed E-state index contributed by atoms with van der Waals surface area (Å²) >= 11 is 7.04. The van der Waals surface area contributed by atoms with Gasteiger partial charge >= 0.3 is 0 Å². The molecule has 90 valence electrons. The second kappa shape index (κ2) is 6.47. The van der Waals surface area contributed by atoms with Crippen molar-refractivity contribution in [2.45, 2.75) is 0 Å². The van der Waals surface area contributed by atoms with E-state index in [0.29, 0.717) is 21.4 Å². The minimum absolute atomic E-state index is 0.225. The maximum Gasteiger partial charge on any atom is 0.221 e. The molecule has 0 aliphatic rings. The monoisotopic (exact) mass is 269 g/mol. The van der Waals surface area contributed by atoms with Crippen LogP contribution in [0.2, 0.25) is 5.02 Å². The summed E-state index contributed by atoms with van der Waals surface area (Å²) in [4.78, 5) is 16.1. The molecule has 0 aliphatic carbocycles. The fourth-order valence-electron chi connectivity index (χ4n) is 1.26. The number of halogens is 1. The number of hydrogen-bond donors (Lipinski definition) is 0. The van der Waals surface area contributed by atoms with E-state index in [0.717, 1.165) is 0 Å². The SMILES string of the molecule is C=CSC(=NC)C(=O)c1cc(Cl)ccc1OC. The number of benzene rings is 1. The van der Waals surface area contributed by atoms with E-state index in [1.165, 1.54) is 18.9 Å². The average molecular weight is 270 g/mol. The standard InChI is InChI=1S/C12H12ClNO2S/c1-4-17-12(14-2)11(15)9-7-8(13)5-6-10(9)16-3/h4-7H,1H2,2-3H3. The van der Waals surface area contributed by atoms with Gasteiger partial charge in [0.25, 0.3) is 0 Å². The number of thioether (sulfide) groups is 1. The third-order valence-corrected chi connectivity index (χ3v) is 2.99. The molecule has 0 saturated carbocycles. The Morgan fingerprint density at radius 1 is 1.59 bits per heavy atom. The average Bonchev–Trinajstić information content (AvgIpc) is 2.35. The molecule has 3 nitrogen and oxygen atoms in total. The predicted molar refractivity (Wildman–Crippen MR) is 73.5 cm³/mol. The fraction of sp³-hybridized carbons (Fsp3) is 0.167. The lowest BCUT2D eigenvalue weighted by atomic mass is 10.1. The molecule has 1 aromatic carbocycles. The molecule has 0 amide bonds. The smallest absolute Gasteiger partial charge is 0.221 e. The molecule has 1 rings (SSSR count). The third-order valence-electron chi connectivity index (χ3n) is 2.00. The van der Waals surface area contributed by atoms with Gasteiger partial charge in [0.15, 0.2) is 0 Å². The summed E-state index contributed by atoms with van der Waals surface area (Å²) < 4.78 is 5.12. The van der Waals surface area contributed by atoms with Crippen LogP contribution in [0.4, 0.5) is 0 Å². The van der Waals surface area contributed by atoms with Crippen LogP contribution in [0.25, 0.3) is 0 Å². The summed E-state index contributed by atoms with van der Waals surface area (Å²) in [6, 6.07) is 4.89. The molecule has 0 bridgehead atoms. The molecule has 0 unspecified atom stereocenters. The first-order chi connectivity index (χ1) is 8.13. The zero-order chi connectivity index (χ0) is 12.8. The highest BCUT2D eigenvalue weighted by Gasteiger charge is 2.18. The van der Waals surface area contributed by atoms with Crippen LogP contribution in [-0.2, 0) is 0 Å². The normalized spacial score (nSPS) is 11.1. The Morgan fingerprint density at radius 3 is 2.82 bits per heavy atom. The predicted octanol–water partition coefficient (Wildman–Crippen LogP) is 3.44. The van der Waals surface area contributed by atoms with Crippen molar-refractivity contribution in [1.82, 2.24) is 0 Å². The number of ether oxygens (including phenoxy) is 1. The van der Waals surface area contributed by atoms with Crippen molar-refractivity contribution < 1.29 is 9.53 Å². The van der Waals surface area contributed by atoms with Crippen LogP contribution in [0, 0.1) is 0 Å². The Morgan fingerprint density at radius 2 is 2.29 bits per heavy atom. The highest BCUT2D eigenvalue weighted by atomic mass is 35.5. The maximum absolute atomic E-state index is 12.2. The van der Waals surface area contributed by atoms with Gasteiger partial charge in [0.1, 0.15) is 10.8 Å². The molecule has 0 atom stereocenters. The minimum atomic E-state index is -0.225. The van der Waals surface area contributed by atoms with Crippen LogP contribution in [0.15, 0.2) is 35.2 Å². The lowest BCUT2D eigenvalue weighted by Gasteiger charge is -2.08. The van der Waals surface area contributed by atoms with Gasteiger partial charge in [0, 0.05) is 12.1 Å². The van der Waals surface area contributed by atoms with Gasteiger partial charge in [-0.3, -0.25) is 9.79 Å². The number of aliphatic imine (C=N–C) groups is 1. The molecule has 5 heteroatoms. The van der Waals surface area contributed by atoms with E-state index >= 15 is 0 Å². The van der Waals surface area contributed by atoms with Crippen LogP contribution >= 0.6 is 23.4 Å². The molecule has 0 aromatic heterocycles. The van der Waals surface area contributed by atoms with Gasteiger partial charge in [-0.05, 0) is 23.6 Å². The molecule has 0 heterocycles. The lowest BCUT2D eigenvalue weighted by molar-refractivity contribution is 0.106. The number of nitrogens with zero attached hydrogens (tertiary/aromatic N) is 1. The lowest BCUT2D eigenvalue weighted by Crippen LogP contribution is -2.11. The second-order valence-corrected chi connectivity index (χ2v) is 4.38. The summed E-state index contributed by atoms with van der Waals surface area (Å²) in [7, 11) is 3.06. The Balaban J connectivity index is 3.18. The van der Waals surface area contributed by atoms with Gasteiger partial charge in [0.2, 0.25) is 5.78 Å². The number of methoxy groups -OCH3 is 1. The molecule has 0 spiro atoms. The van der Waals surface area contributed by atoms with Gasteiger partial charge in [0.05, 0.1) is 12.7 Å². The Hall–Kier alpha value is -1.26. The number of ketones is 1. The molecule has 1 aromatic rings. The van der Waals surface area contributed by atoms with E-state index in [1.54, 1.807) is 30.7 Å². The Labute approximate surface area is 110 Å². The number of rotatable bonds is 4. The molecular formula is C12H12ClNO2S. The van der Waals surface area contributed by atoms with Gasteiger partial charge in [-0.2, -0.15) is 0 Å². The topological polar surface area (TPSA) is 38.7 Å². The summed E-state index contributed by atoms with van der Waals surface area (Å²) in [5.41, 5.74) is 0.398. The molecule has 0 fully saturated rings. The number of hydrogen-bond acceptors (Lipinski definition) is 4. The minimum Gasteiger partial charge on any atom is -0.496 e. The quantitative estimate of drug-likeness (QED) is 0.477. The molecular weight excluding hydrogens is 258 g/mol. The zero-order valence-corrected chi connectivity index (χ0v) is 11.1. The fourth-order valence-corrected chi connectivity index (χ4v) is 1.91. The number of carbonyl (C=O) groups excluding carboxylic acids is 1. The van der Waals surface area contributed by atoms with Crippen molar-refractivity contribution in [3.63, 3.8) is 0 Å². The highest BCUT2D eigenvalue weighted by Crippen LogP contribution is 2.25. The summed E-state index contributed by atoms with van der Waals surface area (Å²) in [5.74, 6) is 0.252. The van der Waals surface area contributed by atoms with Crippen molar-refractivity contribution in [1.29, 1.82) is 0 Å². The Bertz CT molecular complexity index is 472. The van der Waals surface area contributed by atoms with Crippen LogP contribution in [0.3, 0.4) is 0 Å². The number of Topliss-reactive ketones (excluding diaryl/α,β-unsaturated/α-hetero) is 1. The molecule has 0 N–H and O–H groups in total. The van der Waals surface area contributed by atoms with Crippen molar-refractivity contribution in [3.05, 3.63) is 40.8 Å². The van der Waals surface area contributed by atoms with E-state index in [2.05, 4.69) is 11.6 Å². The Kier molecular flexibility index (Phi) is 5.25. The molecule has 0 saturated heterocycles. The van der Waals surface area contributed by atoms with Crippen LogP contribution in [-0.4, -0.2) is 25.0 Å². The molecule has 0 aliphatic heterocycles. The van der Waals surface area contributed by atoms with Gasteiger partial charge in [-0.1, -0.05) is 29.9 Å². The van der Waals surface area contributed by atoms with Crippen molar-refractivity contribution in [2.24, 2.45) is 4.99 Å². The van der Waals surface area contributed by atoms with E-state index in [9.17, 15) is 4.79 Å². The first kappa shape index (κ1) is 13.8. The maximum atomic E-state index is 12.2. The molecule has 0 radical (unpaired) electrons. The number of carbonyl (C=O) groups is 1. The van der Waals surface area contributed by atoms with Crippen molar-refractivity contribution in [2.75, 3.05) is 14.2 Å². The zero-order valence-electron chi connectivity index (χ0n) is 9.57. The van der Waals surface area contributed by atoms with Gasteiger partial charge in [-0.15, -0.1) is 0 Å². The molecule has 17 heavy (non-hydrogen) atoms. The van der Waals surface area contributed by atoms with E-state index in [1.807, 2.05) is 0 Å². The second-order valence-electron chi connectivity index (χ2n) is 2.99. The summed E-state index contributed by atoms with van der Waals surface area (Å²) in [5, 5.41) is 2.38. The van der Waals surface area contributed by atoms with Crippen LogP contribution < -0.4 is 4.74 Å². The van der Waals surface area contributed by atoms with Crippen LogP contribution in [0.1, 0.15) is 10.4 Å². The van der Waals surface area contributed by atoms with Gasteiger partial charge in [-0.25, -0.2) is 0 Å². The van der Waals surface area contributed by atoms with E-state index < -0.39 is 0 Å².